The molecule has 0 spiro atoms. The minimum absolute atomic E-state index is 0.0246. The molecule has 5 heteroatoms. The van der Waals surface area contributed by atoms with Gasteiger partial charge in [0.05, 0.1) is 26.3 Å². The van der Waals surface area contributed by atoms with E-state index in [-0.39, 0.29) is 18.6 Å². The van der Waals surface area contributed by atoms with Gasteiger partial charge >= 0.3 is 0 Å². The number of ether oxygens (including phenoxy) is 1. The Kier molecular flexibility index (Phi) is 7.06. The smallest absolute Gasteiger partial charge is 0.236 e. The molecule has 0 aromatic heterocycles. The third kappa shape index (κ3) is 4.71. The number of carbonyl (C=O) groups excluding carboxylic acids is 1. The molecule has 1 aliphatic carbocycles. The Bertz CT molecular complexity index is 512. The van der Waals surface area contributed by atoms with Crippen molar-refractivity contribution >= 4 is 5.91 Å². The van der Waals surface area contributed by atoms with E-state index in [0.717, 1.165) is 24.2 Å². The van der Waals surface area contributed by atoms with Crippen LogP contribution in [0, 0.1) is 0 Å². The predicted molar refractivity (Wildman–Crippen MR) is 95.1 cm³/mol. The van der Waals surface area contributed by atoms with Crippen molar-refractivity contribution in [3.8, 4) is 5.75 Å². The van der Waals surface area contributed by atoms with Gasteiger partial charge < -0.3 is 14.7 Å². The lowest BCUT2D eigenvalue weighted by Gasteiger charge is -2.34. The van der Waals surface area contributed by atoms with Crippen LogP contribution in [0.3, 0.4) is 0 Å². The van der Waals surface area contributed by atoms with Crippen molar-refractivity contribution in [3.63, 3.8) is 0 Å². The summed E-state index contributed by atoms with van der Waals surface area (Å²) in [5.41, 5.74) is 0.980. The normalized spacial score (nSPS) is 16.9. The van der Waals surface area contributed by atoms with E-state index in [1.807, 2.05) is 48.2 Å². The van der Waals surface area contributed by atoms with Gasteiger partial charge in [-0.2, -0.15) is 0 Å². The number of aliphatic hydroxyl groups excluding tert-OH is 1. The van der Waals surface area contributed by atoms with Crippen LogP contribution in [-0.4, -0.2) is 61.2 Å². The van der Waals surface area contributed by atoms with E-state index in [9.17, 15) is 9.90 Å². The fraction of sp³-hybridized carbons (Fsp3) is 0.632. The fourth-order valence-corrected chi connectivity index (χ4v) is 3.43. The molecule has 0 saturated heterocycles. The van der Waals surface area contributed by atoms with Gasteiger partial charge in [0.2, 0.25) is 5.91 Å². The van der Waals surface area contributed by atoms with Crippen LogP contribution in [0.1, 0.15) is 43.7 Å². The zero-order valence-corrected chi connectivity index (χ0v) is 15.1. The average molecular weight is 334 g/mol. The zero-order chi connectivity index (χ0) is 17.5. The molecule has 1 fully saturated rings. The lowest BCUT2D eigenvalue weighted by atomic mass is 9.94. The van der Waals surface area contributed by atoms with Gasteiger partial charge in [0.15, 0.2) is 0 Å². The maximum absolute atomic E-state index is 12.6. The van der Waals surface area contributed by atoms with Crippen LogP contribution in [0.15, 0.2) is 24.3 Å². The quantitative estimate of drug-likeness (QED) is 0.832. The van der Waals surface area contributed by atoms with Crippen LogP contribution in [0.5, 0.6) is 5.75 Å². The maximum Gasteiger partial charge on any atom is 0.236 e. The molecule has 24 heavy (non-hydrogen) atoms. The topological polar surface area (TPSA) is 53.0 Å². The molecular weight excluding hydrogens is 304 g/mol. The Labute approximate surface area is 145 Å². The van der Waals surface area contributed by atoms with Crippen LogP contribution in [-0.2, 0) is 4.79 Å². The number of methoxy groups -OCH3 is 1. The number of benzene rings is 1. The number of rotatable bonds is 7. The van der Waals surface area contributed by atoms with Crippen molar-refractivity contribution < 1.29 is 14.6 Å². The Morgan fingerprint density at radius 3 is 2.38 bits per heavy atom. The minimum atomic E-state index is -0.195. The number of aliphatic hydroxyl groups is 1. The van der Waals surface area contributed by atoms with E-state index in [1.165, 1.54) is 19.3 Å². The van der Waals surface area contributed by atoms with Gasteiger partial charge in [-0.25, -0.2) is 0 Å². The average Bonchev–Trinajstić information content (AvgIpc) is 2.63. The summed E-state index contributed by atoms with van der Waals surface area (Å²) in [7, 11) is 5.43. The molecular formula is C19H30N2O3. The third-order valence-electron chi connectivity index (χ3n) is 5.11. The molecule has 134 valence electrons. The second kappa shape index (κ2) is 9.04. The molecule has 1 aromatic rings. The van der Waals surface area contributed by atoms with Crippen molar-refractivity contribution in [1.82, 2.24) is 9.80 Å². The summed E-state index contributed by atoms with van der Waals surface area (Å²) in [4.78, 5) is 16.4. The van der Waals surface area contributed by atoms with Crippen molar-refractivity contribution in [2.24, 2.45) is 0 Å². The summed E-state index contributed by atoms with van der Waals surface area (Å²) in [5.74, 6) is 0.905. The standard InChI is InChI=1S/C19H30N2O3/c1-20(13-19(23)21(2)16-7-5-4-6-8-16)18(14-22)15-9-11-17(24-3)12-10-15/h9-12,16,18,22H,4-8,13-14H2,1-3H3. The molecule has 0 heterocycles. The molecule has 1 amide bonds. The molecule has 5 nitrogen and oxygen atoms in total. The molecule has 1 aromatic carbocycles. The van der Waals surface area contributed by atoms with Gasteiger partial charge in [0.1, 0.15) is 5.75 Å². The number of likely N-dealkylation sites (N-methyl/N-ethyl adjacent to an activating group) is 2. The molecule has 1 unspecified atom stereocenters. The summed E-state index contributed by atoms with van der Waals surface area (Å²) in [6.07, 6.45) is 5.91. The van der Waals surface area contributed by atoms with E-state index in [4.69, 9.17) is 4.74 Å². The van der Waals surface area contributed by atoms with Crippen LogP contribution in [0.4, 0.5) is 0 Å². The predicted octanol–water partition coefficient (Wildman–Crippen LogP) is 2.45. The molecule has 1 aliphatic rings. The molecule has 0 aliphatic heterocycles. The first kappa shape index (κ1) is 18.7. The van der Waals surface area contributed by atoms with Gasteiger partial charge in [-0.15, -0.1) is 0 Å². The van der Waals surface area contributed by atoms with Gasteiger partial charge in [-0.05, 0) is 37.6 Å². The zero-order valence-electron chi connectivity index (χ0n) is 15.1. The lowest BCUT2D eigenvalue weighted by Crippen LogP contribution is -2.44. The van der Waals surface area contributed by atoms with Crippen molar-refractivity contribution in [3.05, 3.63) is 29.8 Å². The van der Waals surface area contributed by atoms with E-state index in [2.05, 4.69) is 0 Å². The van der Waals surface area contributed by atoms with E-state index < -0.39 is 0 Å². The maximum atomic E-state index is 12.6. The van der Waals surface area contributed by atoms with Crippen LogP contribution in [0.25, 0.3) is 0 Å². The van der Waals surface area contributed by atoms with Crippen molar-refractivity contribution in [1.29, 1.82) is 0 Å². The molecule has 0 bridgehead atoms. The largest absolute Gasteiger partial charge is 0.497 e. The van der Waals surface area contributed by atoms with Crippen molar-refractivity contribution in [2.45, 2.75) is 44.2 Å². The van der Waals surface area contributed by atoms with Gasteiger partial charge in [-0.1, -0.05) is 31.4 Å². The van der Waals surface area contributed by atoms with Gasteiger partial charge in [-0.3, -0.25) is 9.69 Å². The van der Waals surface area contributed by atoms with Crippen LogP contribution < -0.4 is 4.74 Å². The first-order valence-electron chi connectivity index (χ1n) is 8.77. The Morgan fingerprint density at radius 1 is 1.21 bits per heavy atom. The highest BCUT2D eigenvalue weighted by molar-refractivity contribution is 5.78. The number of carbonyl (C=O) groups is 1. The Hall–Kier alpha value is -1.59. The Morgan fingerprint density at radius 2 is 1.83 bits per heavy atom. The molecule has 1 saturated carbocycles. The highest BCUT2D eigenvalue weighted by Gasteiger charge is 2.25. The summed E-state index contributed by atoms with van der Waals surface area (Å²) >= 11 is 0. The highest BCUT2D eigenvalue weighted by Crippen LogP contribution is 2.24. The number of amides is 1. The van der Waals surface area contributed by atoms with Crippen LogP contribution >= 0.6 is 0 Å². The molecule has 0 radical (unpaired) electrons. The molecule has 1 atom stereocenters. The van der Waals surface area contributed by atoms with Crippen molar-refractivity contribution in [2.75, 3.05) is 34.4 Å². The monoisotopic (exact) mass is 334 g/mol. The van der Waals surface area contributed by atoms with Gasteiger partial charge in [0.25, 0.3) is 0 Å². The molecule has 1 N–H and O–H groups in total. The molecule has 2 rings (SSSR count). The van der Waals surface area contributed by atoms with Gasteiger partial charge in [0, 0.05) is 13.1 Å². The summed E-state index contributed by atoms with van der Waals surface area (Å²) in [6.45, 7) is 0.285. The fourth-order valence-electron chi connectivity index (χ4n) is 3.43. The lowest BCUT2D eigenvalue weighted by molar-refractivity contribution is -0.134. The van der Waals surface area contributed by atoms with Crippen LogP contribution in [0.2, 0.25) is 0 Å². The SMILES string of the molecule is COc1ccc(C(CO)N(C)CC(=O)N(C)C2CCCCC2)cc1. The number of hydrogen-bond donors (Lipinski definition) is 1. The summed E-state index contributed by atoms with van der Waals surface area (Å²) in [5, 5.41) is 9.78. The third-order valence-corrected chi connectivity index (χ3v) is 5.11. The second-order valence-corrected chi connectivity index (χ2v) is 6.68. The number of nitrogens with zero attached hydrogens (tertiary/aromatic N) is 2. The highest BCUT2D eigenvalue weighted by atomic mass is 16.5. The summed E-state index contributed by atoms with van der Waals surface area (Å²) in [6, 6.07) is 7.80. The summed E-state index contributed by atoms with van der Waals surface area (Å²) < 4.78 is 5.17. The van der Waals surface area contributed by atoms with E-state index >= 15 is 0 Å². The second-order valence-electron chi connectivity index (χ2n) is 6.68. The first-order chi connectivity index (χ1) is 11.6. The van der Waals surface area contributed by atoms with E-state index in [1.54, 1.807) is 7.11 Å². The Balaban J connectivity index is 1.96. The first-order valence-corrected chi connectivity index (χ1v) is 8.77. The number of hydrogen-bond acceptors (Lipinski definition) is 4. The minimum Gasteiger partial charge on any atom is -0.497 e. The van der Waals surface area contributed by atoms with E-state index in [0.29, 0.717) is 12.6 Å².